The minimum atomic E-state index is -2.59. The Morgan fingerprint density at radius 3 is 2.62 bits per heavy atom. The van der Waals surface area contributed by atoms with Crippen molar-refractivity contribution >= 4 is 28.6 Å². The second kappa shape index (κ2) is 9.01. The molecule has 0 amide bonds. The Bertz CT molecular complexity index is 720. The average Bonchev–Trinajstić information content (AvgIpc) is 3.11. The number of hydrogen-bond acceptors (Lipinski definition) is 5. The molecule has 2 aromatic rings. The van der Waals surface area contributed by atoms with Gasteiger partial charge in [0.25, 0.3) is 6.43 Å². The van der Waals surface area contributed by atoms with Gasteiger partial charge in [0.1, 0.15) is 22.5 Å². The van der Waals surface area contributed by atoms with Crippen LogP contribution in [0.15, 0.2) is 17.6 Å². The smallest absolute Gasteiger partial charge is 0.281 e. The van der Waals surface area contributed by atoms with Crippen LogP contribution in [0.1, 0.15) is 37.8 Å². The quantitative estimate of drug-likeness (QED) is 0.632. The van der Waals surface area contributed by atoms with Crippen LogP contribution in [0.5, 0.6) is 0 Å². The van der Waals surface area contributed by atoms with Crippen LogP contribution in [0.4, 0.5) is 18.9 Å². The van der Waals surface area contributed by atoms with Crippen molar-refractivity contribution in [1.82, 2.24) is 15.3 Å². The molecule has 0 aromatic carbocycles. The summed E-state index contributed by atoms with van der Waals surface area (Å²) in [6.45, 7) is 0.0366. The van der Waals surface area contributed by atoms with Gasteiger partial charge in [0.15, 0.2) is 0 Å². The number of aromatic nitrogens is 2. The molecule has 1 saturated carbocycles. The highest BCUT2D eigenvalue weighted by molar-refractivity contribution is 7.13. The molecule has 1 aliphatic carbocycles. The molecule has 0 atom stereocenters. The minimum absolute atomic E-state index is 0.231. The summed E-state index contributed by atoms with van der Waals surface area (Å²) in [6.07, 6.45) is 2.75. The van der Waals surface area contributed by atoms with Crippen LogP contribution in [0.25, 0.3) is 10.6 Å². The Morgan fingerprint density at radius 1 is 1.23 bits per heavy atom. The number of rotatable bonds is 7. The highest BCUT2D eigenvalue weighted by Gasteiger charge is 2.22. The maximum Gasteiger partial charge on any atom is 0.281 e. The van der Waals surface area contributed by atoms with E-state index < -0.39 is 6.43 Å². The van der Waals surface area contributed by atoms with Gasteiger partial charge in [-0.1, -0.05) is 11.6 Å². The monoisotopic (exact) mass is 404 g/mol. The lowest BCUT2D eigenvalue weighted by molar-refractivity contribution is 0.147. The molecular formula is C17H20ClF3N4S. The van der Waals surface area contributed by atoms with E-state index in [2.05, 4.69) is 20.6 Å². The van der Waals surface area contributed by atoms with Gasteiger partial charge in [-0.2, -0.15) is 0 Å². The van der Waals surface area contributed by atoms with E-state index in [4.69, 9.17) is 11.6 Å². The lowest BCUT2D eigenvalue weighted by Crippen LogP contribution is -2.37. The molecule has 0 radical (unpaired) electrons. The number of pyridine rings is 1. The van der Waals surface area contributed by atoms with Gasteiger partial charge in [0, 0.05) is 35.9 Å². The molecule has 26 heavy (non-hydrogen) atoms. The van der Waals surface area contributed by atoms with Crippen molar-refractivity contribution in [2.24, 2.45) is 0 Å². The molecule has 0 saturated heterocycles. The van der Waals surface area contributed by atoms with Gasteiger partial charge in [-0.15, -0.1) is 11.3 Å². The number of nitrogens with zero attached hydrogens (tertiary/aromatic N) is 2. The highest BCUT2D eigenvalue weighted by atomic mass is 35.5. The Kier molecular flexibility index (Phi) is 6.72. The molecule has 2 heterocycles. The fraction of sp³-hybridized carbons (Fsp3) is 0.529. The second-order valence-electron chi connectivity index (χ2n) is 6.27. The van der Waals surface area contributed by atoms with E-state index in [9.17, 15) is 13.2 Å². The number of nitrogens with one attached hydrogen (secondary N) is 2. The predicted octanol–water partition coefficient (Wildman–Crippen LogP) is 5.08. The molecule has 1 fully saturated rings. The van der Waals surface area contributed by atoms with Crippen LogP contribution in [0.2, 0.25) is 5.15 Å². The minimum Gasteiger partial charge on any atom is -0.382 e. The first-order chi connectivity index (χ1) is 12.6. The van der Waals surface area contributed by atoms with Gasteiger partial charge in [-0.25, -0.2) is 23.1 Å². The average molecular weight is 405 g/mol. The normalized spacial score (nSPS) is 20.5. The predicted molar refractivity (Wildman–Crippen MR) is 99.0 cm³/mol. The SMILES string of the molecule is FCCNC1CCC(Nc2cc(Cl)ncc2-c2nc(C(F)F)cs2)CC1. The molecule has 9 heteroatoms. The zero-order valence-electron chi connectivity index (χ0n) is 14.0. The van der Waals surface area contributed by atoms with Crippen LogP contribution in [-0.2, 0) is 0 Å². The number of thiazole rings is 1. The maximum atomic E-state index is 12.8. The van der Waals surface area contributed by atoms with E-state index in [0.717, 1.165) is 42.7 Å². The molecule has 3 rings (SSSR count). The fourth-order valence-electron chi connectivity index (χ4n) is 3.15. The topological polar surface area (TPSA) is 49.8 Å². The van der Waals surface area contributed by atoms with Gasteiger partial charge in [-0.05, 0) is 31.7 Å². The summed E-state index contributed by atoms with van der Waals surface area (Å²) in [7, 11) is 0. The summed E-state index contributed by atoms with van der Waals surface area (Å²) in [5.41, 5.74) is 1.19. The number of anilines is 1. The van der Waals surface area contributed by atoms with Crippen molar-refractivity contribution in [1.29, 1.82) is 0 Å². The number of hydrogen-bond donors (Lipinski definition) is 2. The van der Waals surface area contributed by atoms with Crippen molar-refractivity contribution in [3.8, 4) is 10.6 Å². The first kappa shape index (κ1) is 19.4. The number of alkyl halides is 3. The third-order valence-corrected chi connectivity index (χ3v) is 5.56. The van der Waals surface area contributed by atoms with Crippen molar-refractivity contribution < 1.29 is 13.2 Å². The zero-order valence-corrected chi connectivity index (χ0v) is 15.6. The highest BCUT2D eigenvalue weighted by Crippen LogP contribution is 2.35. The van der Waals surface area contributed by atoms with E-state index in [0.29, 0.717) is 28.3 Å². The summed E-state index contributed by atoms with van der Waals surface area (Å²) < 4.78 is 37.9. The summed E-state index contributed by atoms with van der Waals surface area (Å²) >= 11 is 7.19. The van der Waals surface area contributed by atoms with E-state index in [1.165, 1.54) is 5.38 Å². The largest absolute Gasteiger partial charge is 0.382 e. The Labute approximate surface area is 159 Å². The molecular weight excluding hydrogens is 385 g/mol. The van der Waals surface area contributed by atoms with Gasteiger partial charge < -0.3 is 10.6 Å². The van der Waals surface area contributed by atoms with Gasteiger partial charge in [0.2, 0.25) is 0 Å². The maximum absolute atomic E-state index is 12.8. The van der Waals surface area contributed by atoms with Crippen LogP contribution in [0.3, 0.4) is 0 Å². The van der Waals surface area contributed by atoms with Crippen molar-refractivity contribution in [2.45, 2.75) is 44.2 Å². The summed E-state index contributed by atoms with van der Waals surface area (Å²) in [4.78, 5) is 8.08. The van der Waals surface area contributed by atoms with Gasteiger partial charge in [0.05, 0.1) is 5.56 Å². The Balaban J connectivity index is 1.71. The van der Waals surface area contributed by atoms with E-state index in [1.54, 1.807) is 12.3 Å². The summed E-state index contributed by atoms with van der Waals surface area (Å²) in [5.74, 6) is 0. The van der Waals surface area contributed by atoms with Crippen LogP contribution in [0, 0.1) is 0 Å². The second-order valence-corrected chi connectivity index (χ2v) is 7.51. The lowest BCUT2D eigenvalue weighted by atomic mass is 9.91. The summed E-state index contributed by atoms with van der Waals surface area (Å²) in [6, 6.07) is 2.29. The third-order valence-electron chi connectivity index (χ3n) is 4.46. The standard InChI is InChI=1S/C17H20ClF3N4S/c18-15-7-13(24-11-3-1-10(2-4-11)22-6-5-19)12(8-23-15)17-25-14(9-26-17)16(20)21/h7-11,16,22H,1-6H2,(H,23,24). The molecule has 0 aliphatic heterocycles. The first-order valence-electron chi connectivity index (χ1n) is 8.52. The third kappa shape index (κ3) is 4.86. The van der Waals surface area contributed by atoms with E-state index in [-0.39, 0.29) is 18.4 Å². The Hall–Kier alpha value is -1.38. The summed E-state index contributed by atoms with van der Waals surface area (Å²) in [5, 5.41) is 8.84. The molecule has 0 bridgehead atoms. The van der Waals surface area contributed by atoms with E-state index >= 15 is 0 Å². The van der Waals surface area contributed by atoms with E-state index in [1.807, 2.05) is 0 Å². The lowest BCUT2D eigenvalue weighted by Gasteiger charge is -2.30. The molecule has 142 valence electrons. The molecule has 0 unspecified atom stereocenters. The Morgan fingerprint density at radius 2 is 1.96 bits per heavy atom. The molecule has 1 aliphatic rings. The van der Waals surface area contributed by atoms with Crippen LogP contribution < -0.4 is 10.6 Å². The van der Waals surface area contributed by atoms with Crippen LogP contribution >= 0.6 is 22.9 Å². The van der Waals surface area contributed by atoms with Gasteiger partial charge >= 0.3 is 0 Å². The van der Waals surface area contributed by atoms with Crippen molar-refractivity contribution in [3.05, 3.63) is 28.5 Å². The van der Waals surface area contributed by atoms with Crippen LogP contribution in [-0.4, -0.2) is 35.3 Å². The first-order valence-corrected chi connectivity index (χ1v) is 9.78. The molecule has 4 nitrogen and oxygen atoms in total. The molecule has 2 aromatic heterocycles. The zero-order chi connectivity index (χ0) is 18.5. The van der Waals surface area contributed by atoms with Crippen molar-refractivity contribution in [3.63, 3.8) is 0 Å². The van der Waals surface area contributed by atoms with Gasteiger partial charge in [-0.3, -0.25) is 0 Å². The molecule has 0 spiro atoms. The number of halogens is 4. The fourth-order valence-corrected chi connectivity index (χ4v) is 4.14. The van der Waals surface area contributed by atoms with Crippen molar-refractivity contribution in [2.75, 3.05) is 18.5 Å². The molecule has 2 N–H and O–H groups in total.